The van der Waals surface area contributed by atoms with Gasteiger partial charge in [-0.2, -0.15) is 0 Å². The molecule has 0 bridgehead atoms. The average molecular weight is 171 g/mol. The molecule has 0 radical (unpaired) electrons. The summed E-state index contributed by atoms with van der Waals surface area (Å²) in [5.74, 6) is -0.243. The molecule has 0 amide bonds. The lowest BCUT2D eigenvalue weighted by atomic mass is 9.95. The average Bonchev–Trinajstić information content (AvgIpc) is 2.35. The molecule has 1 fully saturated rings. The summed E-state index contributed by atoms with van der Waals surface area (Å²) in [7, 11) is 2.09. The van der Waals surface area contributed by atoms with Crippen LogP contribution in [0.4, 0.5) is 0 Å². The number of nitrogens with zero attached hydrogens (tertiary/aromatic N) is 1. The van der Waals surface area contributed by atoms with Crippen LogP contribution in [-0.2, 0) is 4.79 Å². The van der Waals surface area contributed by atoms with E-state index in [1.807, 2.05) is 0 Å². The maximum atomic E-state index is 10.6. The smallest absolute Gasteiger partial charge is 0.306 e. The van der Waals surface area contributed by atoms with E-state index in [0.29, 0.717) is 5.92 Å². The monoisotopic (exact) mass is 171 g/mol. The Balaban J connectivity index is 2.27. The van der Waals surface area contributed by atoms with Crippen LogP contribution in [0.5, 0.6) is 0 Å². The van der Waals surface area contributed by atoms with E-state index < -0.39 is 5.97 Å². The van der Waals surface area contributed by atoms with Gasteiger partial charge < -0.3 is 10.0 Å². The number of aliphatic carboxylic acids is 1. The van der Waals surface area contributed by atoms with Crippen LogP contribution in [0.25, 0.3) is 0 Å². The summed E-state index contributed by atoms with van der Waals surface area (Å²) < 4.78 is 0. The molecule has 1 heterocycles. The molecule has 1 aliphatic heterocycles. The van der Waals surface area contributed by atoms with Crippen molar-refractivity contribution >= 4 is 5.97 Å². The Kier molecular flexibility index (Phi) is 3.09. The van der Waals surface area contributed by atoms with E-state index in [-0.39, 0.29) is 5.92 Å². The number of carboxylic acid groups (broad SMARTS) is 1. The molecule has 1 N–H and O–H groups in total. The van der Waals surface area contributed by atoms with Crippen LogP contribution in [0.3, 0.4) is 0 Å². The molecule has 12 heavy (non-hydrogen) atoms. The van der Waals surface area contributed by atoms with Gasteiger partial charge in [0.05, 0.1) is 5.92 Å². The Morgan fingerprint density at radius 2 is 2.42 bits per heavy atom. The molecule has 70 valence electrons. The summed E-state index contributed by atoms with van der Waals surface area (Å²) >= 11 is 0. The molecule has 2 atom stereocenters. The second kappa shape index (κ2) is 3.90. The van der Waals surface area contributed by atoms with E-state index in [1.54, 1.807) is 6.92 Å². The first-order valence-corrected chi connectivity index (χ1v) is 4.51. The zero-order chi connectivity index (χ0) is 9.14. The molecule has 0 aliphatic carbocycles. The van der Waals surface area contributed by atoms with Crippen LogP contribution in [0, 0.1) is 11.8 Å². The molecular weight excluding hydrogens is 154 g/mol. The summed E-state index contributed by atoms with van der Waals surface area (Å²) in [5, 5.41) is 8.69. The van der Waals surface area contributed by atoms with Crippen LogP contribution < -0.4 is 0 Å². The fourth-order valence-corrected chi connectivity index (χ4v) is 1.82. The fourth-order valence-electron chi connectivity index (χ4n) is 1.82. The predicted octanol–water partition coefficient (Wildman–Crippen LogP) is 1.05. The molecule has 0 aromatic rings. The molecule has 0 saturated carbocycles. The van der Waals surface area contributed by atoms with E-state index in [1.165, 1.54) is 0 Å². The first kappa shape index (κ1) is 9.52. The number of carbonyl (C=O) groups is 1. The highest BCUT2D eigenvalue weighted by Gasteiger charge is 2.23. The zero-order valence-electron chi connectivity index (χ0n) is 7.79. The van der Waals surface area contributed by atoms with Gasteiger partial charge in [0.1, 0.15) is 0 Å². The van der Waals surface area contributed by atoms with E-state index in [0.717, 1.165) is 25.9 Å². The first-order chi connectivity index (χ1) is 5.59. The third-order valence-electron chi connectivity index (χ3n) is 2.60. The van der Waals surface area contributed by atoms with Crippen molar-refractivity contribution in [3.63, 3.8) is 0 Å². The maximum Gasteiger partial charge on any atom is 0.306 e. The number of hydrogen-bond donors (Lipinski definition) is 1. The van der Waals surface area contributed by atoms with Crippen molar-refractivity contribution in [3.8, 4) is 0 Å². The molecule has 0 spiro atoms. The zero-order valence-corrected chi connectivity index (χ0v) is 7.79. The van der Waals surface area contributed by atoms with Gasteiger partial charge in [-0.15, -0.1) is 0 Å². The van der Waals surface area contributed by atoms with Gasteiger partial charge in [-0.05, 0) is 32.4 Å². The highest BCUT2D eigenvalue weighted by atomic mass is 16.4. The molecule has 1 aliphatic rings. The second-order valence-corrected chi connectivity index (χ2v) is 3.89. The Bertz CT molecular complexity index is 170. The van der Waals surface area contributed by atoms with Crippen LogP contribution in [0.1, 0.15) is 19.8 Å². The number of carboxylic acids is 1. The predicted molar refractivity (Wildman–Crippen MR) is 47.0 cm³/mol. The number of rotatable bonds is 3. The van der Waals surface area contributed by atoms with Crippen molar-refractivity contribution < 1.29 is 9.90 Å². The summed E-state index contributed by atoms with van der Waals surface area (Å²) in [5.41, 5.74) is 0. The fraction of sp³-hybridized carbons (Fsp3) is 0.889. The van der Waals surface area contributed by atoms with Crippen molar-refractivity contribution in [2.75, 3.05) is 20.1 Å². The van der Waals surface area contributed by atoms with Gasteiger partial charge in [0, 0.05) is 6.54 Å². The van der Waals surface area contributed by atoms with Crippen molar-refractivity contribution in [1.82, 2.24) is 4.90 Å². The van der Waals surface area contributed by atoms with Gasteiger partial charge in [-0.1, -0.05) is 6.92 Å². The number of hydrogen-bond acceptors (Lipinski definition) is 2. The van der Waals surface area contributed by atoms with Gasteiger partial charge in [0.15, 0.2) is 0 Å². The Labute approximate surface area is 73.4 Å². The van der Waals surface area contributed by atoms with Gasteiger partial charge in [0.2, 0.25) is 0 Å². The largest absolute Gasteiger partial charge is 0.481 e. The second-order valence-electron chi connectivity index (χ2n) is 3.89. The molecule has 0 aromatic carbocycles. The molecule has 2 unspecified atom stereocenters. The summed E-state index contributed by atoms with van der Waals surface area (Å²) in [6.45, 7) is 3.98. The third kappa shape index (κ3) is 2.48. The van der Waals surface area contributed by atoms with Crippen LogP contribution >= 0.6 is 0 Å². The van der Waals surface area contributed by atoms with Gasteiger partial charge >= 0.3 is 5.97 Å². The van der Waals surface area contributed by atoms with Crippen LogP contribution in [0.2, 0.25) is 0 Å². The lowest BCUT2D eigenvalue weighted by Gasteiger charge is -2.12. The highest BCUT2D eigenvalue weighted by molar-refractivity contribution is 5.69. The summed E-state index contributed by atoms with van der Waals surface area (Å²) in [6, 6.07) is 0. The minimum absolute atomic E-state index is 0.179. The van der Waals surface area contributed by atoms with E-state index in [4.69, 9.17) is 5.11 Å². The molecule has 0 aromatic heterocycles. The summed E-state index contributed by atoms with van der Waals surface area (Å²) in [4.78, 5) is 12.8. The molecule has 3 nitrogen and oxygen atoms in total. The Hall–Kier alpha value is -0.570. The summed E-state index contributed by atoms with van der Waals surface area (Å²) in [6.07, 6.45) is 1.99. The molecular formula is C9H17NO2. The Morgan fingerprint density at radius 1 is 1.75 bits per heavy atom. The van der Waals surface area contributed by atoms with E-state index in [2.05, 4.69) is 11.9 Å². The minimum atomic E-state index is -0.662. The minimum Gasteiger partial charge on any atom is -0.481 e. The number of likely N-dealkylation sites (tertiary alicyclic amines) is 1. The van der Waals surface area contributed by atoms with Crippen LogP contribution in [-0.4, -0.2) is 36.1 Å². The van der Waals surface area contributed by atoms with E-state index >= 15 is 0 Å². The van der Waals surface area contributed by atoms with Gasteiger partial charge in [0.25, 0.3) is 0 Å². The lowest BCUT2D eigenvalue weighted by Crippen LogP contribution is -2.18. The van der Waals surface area contributed by atoms with Crippen molar-refractivity contribution in [1.29, 1.82) is 0 Å². The quantitative estimate of drug-likeness (QED) is 0.690. The van der Waals surface area contributed by atoms with Crippen molar-refractivity contribution in [3.05, 3.63) is 0 Å². The highest BCUT2D eigenvalue weighted by Crippen LogP contribution is 2.22. The molecule has 1 rings (SSSR count). The normalized spacial score (nSPS) is 27.3. The van der Waals surface area contributed by atoms with Crippen LogP contribution in [0.15, 0.2) is 0 Å². The van der Waals surface area contributed by atoms with Crippen molar-refractivity contribution in [2.24, 2.45) is 11.8 Å². The SMILES string of the molecule is CC(CC1CCN(C)C1)C(=O)O. The first-order valence-electron chi connectivity index (χ1n) is 4.51. The van der Waals surface area contributed by atoms with E-state index in [9.17, 15) is 4.79 Å². The van der Waals surface area contributed by atoms with Crippen molar-refractivity contribution in [2.45, 2.75) is 19.8 Å². The maximum absolute atomic E-state index is 10.6. The standard InChI is InChI=1S/C9H17NO2/c1-7(9(11)12)5-8-3-4-10(2)6-8/h7-8H,3-6H2,1-2H3,(H,11,12). The van der Waals surface area contributed by atoms with Gasteiger partial charge in [-0.25, -0.2) is 0 Å². The van der Waals surface area contributed by atoms with Gasteiger partial charge in [-0.3, -0.25) is 4.79 Å². The Morgan fingerprint density at radius 3 is 2.83 bits per heavy atom. The third-order valence-corrected chi connectivity index (χ3v) is 2.60. The molecule has 1 saturated heterocycles. The lowest BCUT2D eigenvalue weighted by molar-refractivity contribution is -0.141. The topological polar surface area (TPSA) is 40.5 Å². The molecule has 3 heteroatoms.